The van der Waals surface area contributed by atoms with Crippen LogP contribution >= 0.6 is 0 Å². The number of benzene rings is 1. The first-order chi connectivity index (χ1) is 6.05. The van der Waals surface area contributed by atoms with Crippen molar-refractivity contribution in [3.05, 3.63) is 34.7 Å². The molecule has 3 nitrogen and oxygen atoms in total. The zero-order valence-electron chi connectivity index (χ0n) is 7.36. The van der Waals surface area contributed by atoms with E-state index in [1.807, 2.05) is 0 Å². The molecule has 0 spiro atoms. The number of nitrogens with zero attached hydrogens (tertiary/aromatic N) is 3. The van der Waals surface area contributed by atoms with Gasteiger partial charge in [-0.25, -0.2) is 0 Å². The molecule has 0 radical (unpaired) electrons. The smallest absolute Gasteiger partial charge is 0.445 e. The van der Waals surface area contributed by atoms with Crippen molar-refractivity contribution >= 4 is 18.1 Å². The molecule has 0 aromatic heterocycles. The summed E-state index contributed by atoms with van der Waals surface area (Å²) in [6.07, 6.45) is 0. The molecular formula is C6H4BF3KN3. The van der Waals surface area contributed by atoms with E-state index >= 15 is 0 Å². The van der Waals surface area contributed by atoms with E-state index in [1.165, 1.54) is 12.1 Å². The maximum atomic E-state index is 12.3. The van der Waals surface area contributed by atoms with Gasteiger partial charge in [0.2, 0.25) is 0 Å². The average Bonchev–Trinajstić information content (AvgIpc) is 2.04. The number of hydrogen-bond acceptors (Lipinski definition) is 1. The molecule has 0 saturated heterocycles. The minimum Gasteiger partial charge on any atom is -0.445 e. The van der Waals surface area contributed by atoms with Crippen molar-refractivity contribution in [2.45, 2.75) is 0 Å². The molecule has 0 bridgehead atoms. The molecule has 0 unspecified atom stereocenters. The molecule has 0 aliphatic carbocycles. The van der Waals surface area contributed by atoms with Gasteiger partial charge in [-0.3, -0.25) is 0 Å². The van der Waals surface area contributed by atoms with Crippen LogP contribution in [0.3, 0.4) is 0 Å². The zero-order chi connectivity index (χ0) is 9.90. The van der Waals surface area contributed by atoms with Gasteiger partial charge in [-0.2, -0.15) is 0 Å². The van der Waals surface area contributed by atoms with E-state index in [2.05, 4.69) is 10.0 Å². The summed E-state index contributed by atoms with van der Waals surface area (Å²) in [6.45, 7) is -5.11. The van der Waals surface area contributed by atoms with E-state index in [-0.39, 0.29) is 57.1 Å². The van der Waals surface area contributed by atoms with E-state index in [0.29, 0.717) is 0 Å². The molecule has 0 saturated carbocycles. The molecule has 0 heterocycles. The molecule has 1 aromatic rings. The first-order valence-electron chi connectivity index (χ1n) is 3.39. The Hall–Kier alpha value is 0.0213. The average molecular weight is 225 g/mol. The molecule has 0 fully saturated rings. The van der Waals surface area contributed by atoms with Gasteiger partial charge in [0.1, 0.15) is 0 Å². The summed E-state index contributed by atoms with van der Waals surface area (Å²) in [5, 5.41) is 2.95. The van der Waals surface area contributed by atoms with Crippen LogP contribution < -0.4 is 56.8 Å². The van der Waals surface area contributed by atoms with Gasteiger partial charge < -0.3 is 12.9 Å². The third kappa shape index (κ3) is 3.64. The second-order valence-electron chi connectivity index (χ2n) is 2.32. The molecule has 0 aliphatic heterocycles. The van der Waals surface area contributed by atoms with Crippen molar-refractivity contribution in [1.82, 2.24) is 0 Å². The molecule has 0 atom stereocenters. The van der Waals surface area contributed by atoms with Gasteiger partial charge in [0.25, 0.3) is 0 Å². The molecule has 8 heteroatoms. The Bertz CT molecular complexity index is 362. The Kier molecular flexibility index (Phi) is 5.80. The van der Waals surface area contributed by atoms with E-state index in [4.69, 9.17) is 5.53 Å². The fourth-order valence-corrected chi connectivity index (χ4v) is 0.904. The predicted octanol–water partition coefficient (Wildman–Crippen LogP) is -0.313. The maximum Gasteiger partial charge on any atom is 1.00 e. The Morgan fingerprint density at radius 2 is 1.79 bits per heavy atom. The largest absolute Gasteiger partial charge is 1.00 e. The summed E-state index contributed by atoms with van der Waals surface area (Å²) < 4.78 is 36.8. The van der Waals surface area contributed by atoms with Gasteiger partial charge in [0, 0.05) is 10.6 Å². The van der Waals surface area contributed by atoms with Gasteiger partial charge in [-0.1, -0.05) is 34.8 Å². The van der Waals surface area contributed by atoms with Crippen LogP contribution in [0.15, 0.2) is 29.4 Å². The molecule has 0 amide bonds. The monoisotopic (exact) mass is 225 g/mol. The second kappa shape index (κ2) is 5.79. The molecule has 0 N–H and O–H groups in total. The van der Waals surface area contributed by atoms with Crippen LogP contribution in [0.2, 0.25) is 0 Å². The third-order valence-electron chi connectivity index (χ3n) is 1.44. The number of azide groups is 1. The van der Waals surface area contributed by atoms with Crippen LogP contribution in [0.5, 0.6) is 0 Å². The van der Waals surface area contributed by atoms with Crippen molar-refractivity contribution in [3.63, 3.8) is 0 Å². The quantitative estimate of drug-likeness (QED) is 0.287. The molecule has 0 aliphatic rings. The maximum absolute atomic E-state index is 12.3. The molecule has 1 aromatic carbocycles. The van der Waals surface area contributed by atoms with Crippen LogP contribution in [0.1, 0.15) is 0 Å². The Labute approximate surface area is 121 Å². The molecule has 68 valence electrons. The molecule has 14 heavy (non-hydrogen) atoms. The SMILES string of the molecule is [K+].[N-]=[N+]=Nc1ccccc1[B-](F)(F)F. The summed E-state index contributed by atoms with van der Waals surface area (Å²) in [5.41, 5.74) is 6.77. The fraction of sp³-hybridized carbons (Fsp3) is 0. The minimum atomic E-state index is -5.11. The number of halogens is 3. The normalized spacial score (nSPS) is 9.93. The van der Waals surface area contributed by atoms with Crippen LogP contribution in [0, 0.1) is 0 Å². The third-order valence-corrected chi connectivity index (χ3v) is 1.44. The Balaban J connectivity index is 0.00000169. The summed E-state index contributed by atoms with van der Waals surface area (Å²) in [5.74, 6) is 0. The van der Waals surface area contributed by atoms with E-state index in [9.17, 15) is 12.9 Å². The summed E-state index contributed by atoms with van der Waals surface area (Å²) in [7, 11) is 0. The summed E-state index contributed by atoms with van der Waals surface area (Å²) in [4.78, 5) is 2.32. The van der Waals surface area contributed by atoms with Crippen molar-refractivity contribution in [1.29, 1.82) is 0 Å². The zero-order valence-corrected chi connectivity index (χ0v) is 10.5. The van der Waals surface area contributed by atoms with Crippen LogP contribution in [-0.4, -0.2) is 6.98 Å². The van der Waals surface area contributed by atoms with Crippen LogP contribution in [0.4, 0.5) is 18.6 Å². The first kappa shape index (κ1) is 14.0. The van der Waals surface area contributed by atoms with Crippen molar-refractivity contribution in [3.8, 4) is 0 Å². The van der Waals surface area contributed by atoms with Gasteiger partial charge in [-0.05, 0) is 5.53 Å². The fourth-order valence-electron chi connectivity index (χ4n) is 0.904. The van der Waals surface area contributed by atoms with E-state index in [0.717, 1.165) is 12.1 Å². The van der Waals surface area contributed by atoms with Gasteiger partial charge in [0.15, 0.2) is 0 Å². The van der Waals surface area contributed by atoms with Crippen molar-refractivity contribution in [2.24, 2.45) is 5.11 Å². The summed E-state index contributed by atoms with van der Waals surface area (Å²) in [6, 6.07) is 4.66. The van der Waals surface area contributed by atoms with Gasteiger partial charge >= 0.3 is 58.4 Å². The molecule has 1 rings (SSSR count). The number of rotatable bonds is 2. The topological polar surface area (TPSA) is 48.8 Å². The van der Waals surface area contributed by atoms with Crippen LogP contribution in [0.25, 0.3) is 10.4 Å². The van der Waals surface area contributed by atoms with E-state index < -0.39 is 12.4 Å². The Morgan fingerprint density at radius 3 is 2.29 bits per heavy atom. The van der Waals surface area contributed by atoms with Gasteiger partial charge in [0.05, 0.1) is 0 Å². The van der Waals surface area contributed by atoms with Gasteiger partial charge in [-0.15, -0.1) is 0 Å². The predicted molar refractivity (Wildman–Crippen MR) is 44.0 cm³/mol. The minimum absolute atomic E-state index is 0. The van der Waals surface area contributed by atoms with E-state index in [1.54, 1.807) is 0 Å². The van der Waals surface area contributed by atoms with Crippen molar-refractivity contribution in [2.75, 3.05) is 0 Å². The van der Waals surface area contributed by atoms with Crippen LogP contribution in [-0.2, 0) is 0 Å². The standard InChI is InChI=1S/C6H4BF3N3.K/c8-7(9,10)5-3-1-2-4-6(5)12-13-11;/h1-4H;/q-1;+1. The molecular weight excluding hydrogens is 221 g/mol. The van der Waals surface area contributed by atoms with Crippen molar-refractivity contribution < 1.29 is 64.3 Å². The Morgan fingerprint density at radius 1 is 1.21 bits per heavy atom. The number of hydrogen-bond donors (Lipinski definition) is 0. The summed E-state index contributed by atoms with van der Waals surface area (Å²) >= 11 is 0. The first-order valence-corrected chi connectivity index (χ1v) is 3.39. The second-order valence-corrected chi connectivity index (χ2v) is 2.32.